The smallest absolute Gasteiger partial charge is 0.0635 e. The molecule has 0 unspecified atom stereocenters. The van der Waals surface area contributed by atoms with E-state index in [1.54, 1.807) is 0 Å². The average molecular weight is 181 g/mol. The lowest BCUT2D eigenvalue weighted by atomic mass is 10.2. The van der Waals surface area contributed by atoms with Gasteiger partial charge in [0.05, 0.1) is 6.07 Å². The predicted molar refractivity (Wildman–Crippen MR) is 55.1 cm³/mol. The standard InChI is InChI=1S/C10H19N3/c1-9(2)13(6-4-5-11)8-10(3)7-12/h9H,3-4,6-8,12H2,1-2H3. The largest absolute Gasteiger partial charge is 0.327 e. The second kappa shape index (κ2) is 6.64. The van der Waals surface area contributed by atoms with Gasteiger partial charge in [0.2, 0.25) is 0 Å². The Kier molecular flexibility index (Phi) is 6.21. The molecule has 0 bridgehead atoms. The fourth-order valence-corrected chi connectivity index (χ4v) is 1.07. The predicted octanol–water partition coefficient (Wildman–Crippen LogP) is 1.13. The van der Waals surface area contributed by atoms with Crippen LogP contribution < -0.4 is 5.73 Å². The Balaban J connectivity index is 3.95. The van der Waals surface area contributed by atoms with E-state index in [2.05, 4.69) is 31.4 Å². The van der Waals surface area contributed by atoms with Crippen molar-refractivity contribution in [3.8, 4) is 6.07 Å². The van der Waals surface area contributed by atoms with Crippen molar-refractivity contribution < 1.29 is 0 Å². The second-order valence-corrected chi connectivity index (χ2v) is 3.43. The number of nitriles is 1. The lowest BCUT2D eigenvalue weighted by molar-refractivity contribution is 0.245. The molecule has 0 aromatic heterocycles. The first-order chi connectivity index (χ1) is 6.11. The minimum absolute atomic E-state index is 0.441. The first-order valence-electron chi connectivity index (χ1n) is 4.59. The fourth-order valence-electron chi connectivity index (χ4n) is 1.07. The minimum atomic E-state index is 0.441. The van der Waals surface area contributed by atoms with Gasteiger partial charge in [-0.2, -0.15) is 5.26 Å². The molecule has 0 radical (unpaired) electrons. The summed E-state index contributed by atoms with van der Waals surface area (Å²) in [6.07, 6.45) is 0.566. The van der Waals surface area contributed by atoms with E-state index in [0.29, 0.717) is 19.0 Å². The van der Waals surface area contributed by atoms with E-state index in [1.807, 2.05) is 0 Å². The average Bonchev–Trinajstić information content (AvgIpc) is 2.11. The zero-order valence-corrected chi connectivity index (χ0v) is 8.58. The molecule has 0 amide bonds. The van der Waals surface area contributed by atoms with Crippen LogP contribution in [0.2, 0.25) is 0 Å². The minimum Gasteiger partial charge on any atom is -0.327 e. The van der Waals surface area contributed by atoms with Gasteiger partial charge in [-0.1, -0.05) is 6.58 Å². The maximum Gasteiger partial charge on any atom is 0.0635 e. The molecule has 0 saturated carbocycles. The Morgan fingerprint density at radius 1 is 1.62 bits per heavy atom. The molecule has 74 valence electrons. The fraction of sp³-hybridized carbons (Fsp3) is 0.700. The molecule has 2 N–H and O–H groups in total. The molecule has 3 heteroatoms. The molecule has 0 heterocycles. The third-order valence-corrected chi connectivity index (χ3v) is 1.96. The van der Waals surface area contributed by atoms with E-state index >= 15 is 0 Å². The Morgan fingerprint density at radius 2 is 2.23 bits per heavy atom. The summed E-state index contributed by atoms with van der Waals surface area (Å²) >= 11 is 0. The highest BCUT2D eigenvalue weighted by Crippen LogP contribution is 2.02. The van der Waals surface area contributed by atoms with E-state index in [0.717, 1.165) is 18.7 Å². The summed E-state index contributed by atoms with van der Waals surface area (Å²) < 4.78 is 0. The monoisotopic (exact) mass is 181 g/mol. The molecular weight excluding hydrogens is 162 g/mol. The molecule has 0 aliphatic heterocycles. The van der Waals surface area contributed by atoms with E-state index in [9.17, 15) is 0 Å². The van der Waals surface area contributed by atoms with Crippen molar-refractivity contribution in [3.05, 3.63) is 12.2 Å². The quantitative estimate of drug-likeness (QED) is 0.625. The maximum absolute atomic E-state index is 8.46. The summed E-state index contributed by atoms with van der Waals surface area (Å²) in [5.41, 5.74) is 6.48. The van der Waals surface area contributed by atoms with Crippen LogP contribution in [0.3, 0.4) is 0 Å². The van der Waals surface area contributed by atoms with E-state index in [-0.39, 0.29) is 0 Å². The third kappa shape index (κ3) is 5.40. The van der Waals surface area contributed by atoms with Gasteiger partial charge in [0.25, 0.3) is 0 Å². The van der Waals surface area contributed by atoms with Crippen molar-refractivity contribution in [2.75, 3.05) is 19.6 Å². The Morgan fingerprint density at radius 3 is 2.62 bits per heavy atom. The zero-order chi connectivity index (χ0) is 10.3. The summed E-state index contributed by atoms with van der Waals surface area (Å²) in [4.78, 5) is 2.21. The van der Waals surface area contributed by atoms with Crippen LogP contribution in [0.5, 0.6) is 0 Å². The first kappa shape index (κ1) is 12.2. The molecule has 0 rings (SSSR count). The van der Waals surface area contributed by atoms with Gasteiger partial charge in [-0.05, 0) is 19.4 Å². The number of rotatable bonds is 6. The van der Waals surface area contributed by atoms with Crippen molar-refractivity contribution in [2.24, 2.45) is 5.73 Å². The molecule has 0 fully saturated rings. The van der Waals surface area contributed by atoms with Gasteiger partial charge in [-0.3, -0.25) is 4.90 Å². The van der Waals surface area contributed by atoms with Gasteiger partial charge >= 0.3 is 0 Å². The molecule has 3 nitrogen and oxygen atoms in total. The molecular formula is C10H19N3. The van der Waals surface area contributed by atoms with E-state index in [4.69, 9.17) is 11.0 Å². The molecule has 0 spiro atoms. The first-order valence-corrected chi connectivity index (χ1v) is 4.59. The molecule has 0 aliphatic rings. The highest BCUT2D eigenvalue weighted by Gasteiger charge is 2.09. The summed E-state index contributed by atoms with van der Waals surface area (Å²) in [5, 5.41) is 8.46. The van der Waals surface area contributed by atoms with E-state index in [1.165, 1.54) is 0 Å². The van der Waals surface area contributed by atoms with Gasteiger partial charge < -0.3 is 5.73 Å². The SMILES string of the molecule is C=C(CN)CN(CCC#N)C(C)C. The van der Waals surface area contributed by atoms with Crippen LogP contribution in [0.15, 0.2) is 12.2 Å². The van der Waals surface area contributed by atoms with Crippen molar-refractivity contribution >= 4 is 0 Å². The highest BCUT2D eigenvalue weighted by molar-refractivity contribution is 4.99. The number of nitrogens with two attached hydrogens (primary N) is 1. The molecule has 0 atom stereocenters. The zero-order valence-electron chi connectivity index (χ0n) is 8.58. The summed E-state index contributed by atoms with van der Waals surface area (Å²) in [5.74, 6) is 0. The molecule has 0 saturated heterocycles. The lowest BCUT2D eigenvalue weighted by Gasteiger charge is -2.25. The summed E-state index contributed by atoms with van der Waals surface area (Å²) in [7, 11) is 0. The summed E-state index contributed by atoms with van der Waals surface area (Å²) in [6, 6.07) is 2.58. The normalized spacial score (nSPS) is 10.5. The number of hydrogen-bond acceptors (Lipinski definition) is 3. The molecule has 0 aliphatic carbocycles. The molecule has 0 aromatic carbocycles. The van der Waals surface area contributed by atoms with Crippen LogP contribution in [0.1, 0.15) is 20.3 Å². The molecule has 13 heavy (non-hydrogen) atoms. The Bertz CT molecular complexity index is 191. The van der Waals surface area contributed by atoms with Crippen LogP contribution in [-0.2, 0) is 0 Å². The number of hydrogen-bond donors (Lipinski definition) is 1. The van der Waals surface area contributed by atoms with Crippen LogP contribution in [0.4, 0.5) is 0 Å². The van der Waals surface area contributed by atoms with Gasteiger partial charge in [-0.25, -0.2) is 0 Å². The van der Waals surface area contributed by atoms with Gasteiger partial charge in [-0.15, -0.1) is 0 Å². The van der Waals surface area contributed by atoms with Crippen LogP contribution in [0.25, 0.3) is 0 Å². The van der Waals surface area contributed by atoms with E-state index < -0.39 is 0 Å². The van der Waals surface area contributed by atoms with Crippen LogP contribution >= 0.6 is 0 Å². The van der Waals surface area contributed by atoms with Gasteiger partial charge in [0.1, 0.15) is 0 Å². The highest BCUT2D eigenvalue weighted by atomic mass is 15.1. The summed E-state index contributed by atoms with van der Waals surface area (Å²) in [6.45, 7) is 10.2. The van der Waals surface area contributed by atoms with Crippen LogP contribution in [-0.4, -0.2) is 30.6 Å². The maximum atomic E-state index is 8.46. The molecule has 0 aromatic rings. The van der Waals surface area contributed by atoms with Gasteiger partial charge in [0.15, 0.2) is 0 Å². The Labute approximate surface area is 80.8 Å². The van der Waals surface area contributed by atoms with Crippen LogP contribution in [0, 0.1) is 11.3 Å². The topological polar surface area (TPSA) is 53.0 Å². The van der Waals surface area contributed by atoms with Crippen molar-refractivity contribution in [1.29, 1.82) is 5.26 Å². The lowest BCUT2D eigenvalue weighted by Crippen LogP contribution is -2.34. The van der Waals surface area contributed by atoms with Crippen molar-refractivity contribution in [3.63, 3.8) is 0 Å². The van der Waals surface area contributed by atoms with Crippen molar-refractivity contribution in [1.82, 2.24) is 4.90 Å². The number of nitrogens with zero attached hydrogens (tertiary/aromatic N) is 2. The third-order valence-electron chi connectivity index (χ3n) is 1.96. The Hall–Kier alpha value is -0.850. The van der Waals surface area contributed by atoms with Gasteiger partial charge in [0, 0.05) is 32.1 Å². The second-order valence-electron chi connectivity index (χ2n) is 3.43. The van der Waals surface area contributed by atoms with Crippen molar-refractivity contribution in [2.45, 2.75) is 26.3 Å².